The summed E-state index contributed by atoms with van der Waals surface area (Å²) in [7, 11) is 0. The van der Waals surface area contributed by atoms with Crippen LogP contribution in [-0.4, -0.2) is 21.3 Å². The number of aldehydes is 1. The Hall–Kier alpha value is -2.49. The van der Waals surface area contributed by atoms with E-state index in [9.17, 15) is 4.79 Å². The molecule has 4 nitrogen and oxygen atoms in total. The highest BCUT2D eigenvalue weighted by atomic mass is 16.1. The topological polar surface area (TPSA) is 47.8 Å². The molecule has 0 aliphatic rings. The van der Waals surface area contributed by atoms with E-state index in [1.807, 2.05) is 36.4 Å². The largest absolute Gasteiger partial charge is 0.298 e. The number of benzene rings is 2. The number of para-hydroxylation sites is 1. The minimum Gasteiger partial charge on any atom is -0.298 e. The standard InChI is InChI=1S/C13H9N3O/c17-9-10-6-7-13-12(8-10)14-15-16(13)11-4-2-1-3-5-11/h1-9H. The van der Waals surface area contributed by atoms with Crippen molar-refractivity contribution in [3.8, 4) is 5.69 Å². The Morgan fingerprint density at radius 3 is 2.65 bits per heavy atom. The molecule has 0 bridgehead atoms. The molecule has 0 spiro atoms. The molecule has 0 aliphatic heterocycles. The fourth-order valence-corrected chi connectivity index (χ4v) is 1.77. The van der Waals surface area contributed by atoms with Gasteiger partial charge in [0.05, 0.1) is 11.2 Å². The summed E-state index contributed by atoms with van der Waals surface area (Å²) in [5, 5.41) is 8.15. The Morgan fingerprint density at radius 1 is 1.06 bits per heavy atom. The lowest BCUT2D eigenvalue weighted by Crippen LogP contribution is -1.95. The van der Waals surface area contributed by atoms with Crippen molar-refractivity contribution in [1.29, 1.82) is 0 Å². The Bertz CT molecular complexity index is 673. The molecule has 3 rings (SSSR count). The van der Waals surface area contributed by atoms with Gasteiger partial charge in [0.15, 0.2) is 0 Å². The molecule has 0 aliphatic carbocycles. The lowest BCUT2D eigenvalue weighted by Gasteiger charge is -2.00. The van der Waals surface area contributed by atoms with Crippen LogP contribution in [0.3, 0.4) is 0 Å². The highest BCUT2D eigenvalue weighted by molar-refractivity contribution is 5.85. The fraction of sp³-hybridized carbons (Fsp3) is 0. The molecule has 82 valence electrons. The van der Waals surface area contributed by atoms with Crippen LogP contribution < -0.4 is 0 Å². The average molecular weight is 223 g/mol. The molecule has 0 radical (unpaired) electrons. The zero-order chi connectivity index (χ0) is 11.7. The Kier molecular flexibility index (Phi) is 2.19. The molecule has 1 heterocycles. The van der Waals surface area contributed by atoms with Crippen LogP contribution in [0.4, 0.5) is 0 Å². The van der Waals surface area contributed by atoms with E-state index in [2.05, 4.69) is 10.3 Å². The van der Waals surface area contributed by atoms with E-state index in [1.54, 1.807) is 16.8 Å². The molecule has 1 aromatic heterocycles. The molecule has 0 unspecified atom stereocenters. The maximum absolute atomic E-state index is 10.7. The van der Waals surface area contributed by atoms with E-state index < -0.39 is 0 Å². The van der Waals surface area contributed by atoms with Gasteiger partial charge in [-0.05, 0) is 30.3 Å². The molecular formula is C13H9N3O. The maximum atomic E-state index is 10.7. The maximum Gasteiger partial charge on any atom is 0.150 e. The van der Waals surface area contributed by atoms with Gasteiger partial charge in [0.25, 0.3) is 0 Å². The molecular weight excluding hydrogens is 214 g/mol. The number of rotatable bonds is 2. The van der Waals surface area contributed by atoms with Crippen LogP contribution in [-0.2, 0) is 0 Å². The van der Waals surface area contributed by atoms with Gasteiger partial charge in [-0.1, -0.05) is 23.4 Å². The van der Waals surface area contributed by atoms with Gasteiger partial charge in [-0.3, -0.25) is 4.79 Å². The van der Waals surface area contributed by atoms with Crippen molar-refractivity contribution in [3.05, 3.63) is 54.1 Å². The number of aromatic nitrogens is 3. The van der Waals surface area contributed by atoms with Crippen LogP contribution in [0.25, 0.3) is 16.7 Å². The first-order chi connectivity index (χ1) is 8.38. The molecule has 0 saturated heterocycles. The highest BCUT2D eigenvalue weighted by Crippen LogP contribution is 2.16. The van der Waals surface area contributed by atoms with Crippen molar-refractivity contribution in [2.24, 2.45) is 0 Å². The van der Waals surface area contributed by atoms with E-state index in [1.165, 1.54) is 0 Å². The quantitative estimate of drug-likeness (QED) is 0.626. The van der Waals surface area contributed by atoms with Crippen LogP contribution in [0.1, 0.15) is 10.4 Å². The zero-order valence-corrected chi connectivity index (χ0v) is 8.95. The number of fused-ring (bicyclic) bond motifs is 1. The third-order valence-electron chi connectivity index (χ3n) is 2.61. The molecule has 0 saturated carbocycles. The fourth-order valence-electron chi connectivity index (χ4n) is 1.77. The van der Waals surface area contributed by atoms with Gasteiger partial charge in [0.1, 0.15) is 11.8 Å². The van der Waals surface area contributed by atoms with Crippen molar-refractivity contribution in [2.45, 2.75) is 0 Å². The molecule has 0 fully saturated rings. The summed E-state index contributed by atoms with van der Waals surface area (Å²) in [6, 6.07) is 15.1. The van der Waals surface area contributed by atoms with E-state index in [0.29, 0.717) is 5.56 Å². The lowest BCUT2D eigenvalue weighted by molar-refractivity contribution is 0.112. The molecule has 2 aromatic carbocycles. The summed E-state index contributed by atoms with van der Waals surface area (Å²) in [6.07, 6.45) is 0.807. The van der Waals surface area contributed by atoms with E-state index in [4.69, 9.17) is 0 Å². The van der Waals surface area contributed by atoms with Crippen molar-refractivity contribution in [2.75, 3.05) is 0 Å². The van der Waals surface area contributed by atoms with E-state index >= 15 is 0 Å². The van der Waals surface area contributed by atoms with E-state index in [0.717, 1.165) is 23.0 Å². The molecule has 17 heavy (non-hydrogen) atoms. The molecule has 0 atom stereocenters. The first-order valence-corrected chi connectivity index (χ1v) is 5.24. The van der Waals surface area contributed by atoms with Gasteiger partial charge in [-0.25, -0.2) is 4.68 Å². The third-order valence-corrected chi connectivity index (χ3v) is 2.61. The summed E-state index contributed by atoms with van der Waals surface area (Å²) >= 11 is 0. The monoisotopic (exact) mass is 223 g/mol. The summed E-state index contributed by atoms with van der Waals surface area (Å²) in [5.41, 5.74) is 3.17. The first kappa shape index (κ1) is 9.72. The van der Waals surface area contributed by atoms with E-state index in [-0.39, 0.29) is 0 Å². The summed E-state index contributed by atoms with van der Waals surface area (Å²) in [5.74, 6) is 0. The summed E-state index contributed by atoms with van der Waals surface area (Å²) in [6.45, 7) is 0. The number of carbonyl (C=O) groups is 1. The van der Waals surface area contributed by atoms with Gasteiger partial charge >= 0.3 is 0 Å². The van der Waals surface area contributed by atoms with Crippen LogP contribution >= 0.6 is 0 Å². The van der Waals surface area contributed by atoms with Gasteiger partial charge in [-0.15, -0.1) is 5.10 Å². The molecule has 0 amide bonds. The van der Waals surface area contributed by atoms with Crippen LogP contribution in [0.15, 0.2) is 48.5 Å². The third kappa shape index (κ3) is 1.59. The Labute approximate surface area is 97.5 Å². The van der Waals surface area contributed by atoms with Crippen LogP contribution in [0.5, 0.6) is 0 Å². The smallest absolute Gasteiger partial charge is 0.150 e. The lowest BCUT2D eigenvalue weighted by atomic mass is 10.2. The van der Waals surface area contributed by atoms with Gasteiger partial charge in [0.2, 0.25) is 0 Å². The second-order valence-corrected chi connectivity index (χ2v) is 3.70. The minimum atomic E-state index is 0.609. The first-order valence-electron chi connectivity index (χ1n) is 5.24. The normalized spacial score (nSPS) is 10.6. The van der Waals surface area contributed by atoms with Crippen molar-refractivity contribution >= 4 is 17.3 Å². The van der Waals surface area contributed by atoms with Crippen molar-refractivity contribution in [3.63, 3.8) is 0 Å². The Morgan fingerprint density at radius 2 is 1.88 bits per heavy atom. The second kappa shape index (κ2) is 3.83. The summed E-state index contributed by atoms with van der Waals surface area (Å²) in [4.78, 5) is 10.7. The number of hydrogen-bond donors (Lipinski definition) is 0. The Balaban J connectivity index is 2.22. The average Bonchev–Trinajstić information content (AvgIpc) is 2.82. The van der Waals surface area contributed by atoms with Crippen molar-refractivity contribution in [1.82, 2.24) is 15.0 Å². The number of carbonyl (C=O) groups excluding carboxylic acids is 1. The molecule has 3 aromatic rings. The second-order valence-electron chi connectivity index (χ2n) is 3.70. The van der Waals surface area contributed by atoms with Crippen LogP contribution in [0.2, 0.25) is 0 Å². The van der Waals surface area contributed by atoms with Gasteiger partial charge < -0.3 is 0 Å². The summed E-state index contributed by atoms with van der Waals surface area (Å²) < 4.78 is 1.75. The predicted octanol–water partition coefficient (Wildman–Crippen LogP) is 2.23. The number of hydrogen-bond acceptors (Lipinski definition) is 3. The highest BCUT2D eigenvalue weighted by Gasteiger charge is 2.06. The van der Waals surface area contributed by atoms with Crippen LogP contribution in [0, 0.1) is 0 Å². The molecule has 4 heteroatoms. The number of nitrogens with zero attached hydrogens (tertiary/aromatic N) is 3. The van der Waals surface area contributed by atoms with Gasteiger partial charge in [-0.2, -0.15) is 0 Å². The zero-order valence-electron chi connectivity index (χ0n) is 8.95. The van der Waals surface area contributed by atoms with Crippen molar-refractivity contribution < 1.29 is 4.79 Å². The SMILES string of the molecule is O=Cc1ccc2c(c1)nnn2-c1ccccc1. The molecule has 0 N–H and O–H groups in total. The van der Waals surface area contributed by atoms with Gasteiger partial charge in [0, 0.05) is 5.56 Å². The predicted molar refractivity (Wildman–Crippen MR) is 64.3 cm³/mol. The minimum absolute atomic E-state index is 0.609.